The number of nitrogens with zero attached hydrogens (tertiary/aromatic N) is 1. The minimum atomic E-state index is -3.44. The largest absolute Gasteiger partial charge is 0.326 e. The van der Waals surface area contributed by atoms with Crippen molar-refractivity contribution in [2.45, 2.75) is 57.5 Å². The van der Waals surface area contributed by atoms with Gasteiger partial charge >= 0.3 is 0 Å². The van der Waals surface area contributed by atoms with E-state index in [4.69, 9.17) is 5.73 Å². The maximum atomic E-state index is 12.7. The zero-order chi connectivity index (χ0) is 15.2. The second-order valence-electron chi connectivity index (χ2n) is 5.27. The molecule has 1 rings (SSSR count). The number of nitrogens with two attached hydrogens (primary N) is 1. The zero-order valence-corrected chi connectivity index (χ0v) is 13.5. The summed E-state index contributed by atoms with van der Waals surface area (Å²) in [6.45, 7) is 6.85. The smallest absolute Gasteiger partial charge is 0.243 e. The van der Waals surface area contributed by atoms with Crippen molar-refractivity contribution in [3.8, 4) is 0 Å². The van der Waals surface area contributed by atoms with Crippen LogP contribution < -0.4 is 5.73 Å². The summed E-state index contributed by atoms with van der Waals surface area (Å²) >= 11 is 0. The van der Waals surface area contributed by atoms with Crippen molar-refractivity contribution in [2.24, 2.45) is 5.73 Å². The first-order valence-electron chi connectivity index (χ1n) is 7.24. The normalized spacial score (nSPS) is 12.3. The summed E-state index contributed by atoms with van der Waals surface area (Å²) in [7, 11) is -3.44. The molecular weight excluding hydrogens is 272 g/mol. The molecule has 0 heterocycles. The number of hydrogen-bond donors (Lipinski definition) is 1. The van der Waals surface area contributed by atoms with E-state index in [-0.39, 0.29) is 6.04 Å². The fourth-order valence-corrected chi connectivity index (χ4v) is 3.89. The zero-order valence-electron chi connectivity index (χ0n) is 12.7. The predicted octanol–water partition coefficient (Wildman–Crippen LogP) is 2.73. The summed E-state index contributed by atoms with van der Waals surface area (Å²) in [5.41, 5.74) is 6.42. The van der Waals surface area contributed by atoms with Crippen LogP contribution in [0, 0.1) is 0 Å². The highest BCUT2D eigenvalue weighted by Gasteiger charge is 2.26. The molecule has 4 nitrogen and oxygen atoms in total. The minimum absolute atomic E-state index is 0.0432. The van der Waals surface area contributed by atoms with Crippen LogP contribution in [0.4, 0.5) is 0 Å². The van der Waals surface area contributed by atoms with Gasteiger partial charge in [0.1, 0.15) is 0 Å². The van der Waals surface area contributed by atoms with E-state index in [0.717, 1.165) is 24.8 Å². The van der Waals surface area contributed by atoms with Crippen LogP contribution in [0.2, 0.25) is 0 Å². The van der Waals surface area contributed by atoms with E-state index in [2.05, 4.69) is 6.92 Å². The standard InChI is InChI=1S/C15H26N2O2S/c1-4-5-6-10-17(13(2)3)20(18,19)15-9-7-8-14(11-15)12-16/h7-9,11,13H,4-6,10,12,16H2,1-3H3. The van der Waals surface area contributed by atoms with Gasteiger partial charge in [0, 0.05) is 19.1 Å². The fourth-order valence-electron chi connectivity index (χ4n) is 2.14. The molecule has 0 saturated carbocycles. The molecule has 0 spiro atoms. The first-order valence-corrected chi connectivity index (χ1v) is 8.68. The van der Waals surface area contributed by atoms with Crippen LogP contribution >= 0.6 is 0 Å². The van der Waals surface area contributed by atoms with E-state index >= 15 is 0 Å². The molecule has 1 aromatic rings. The molecule has 0 aromatic heterocycles. The molecule has 0 saturated heterocycles. The summed E-state index contributed by atoms with van der Waals surface area (Å²) in [4.78, 5) is 0.339. The molecule has 1 aromatic carbocycles. The number of hydrogen-bond acceptors (Lipinski definition) is 3. The van der Waals surface area contributed by atoms with Crippen LogP contribution in [0.5, 0.6) is 0 Å². The van der Waals surface area contributed by atoms with Gasteiger partial charge in [-0.2, -0.15) is 4.31 Å². The minimum Gasteiger partial charge on any atom is -0.326 e. The van der Waals surface area contributed by atoms with Gasteiger partial charge < -0.3 is 5.73 Å². The van der Waals surface area contributed by atoms with Gasteiger partial charge in [-0.25, -0.2) is 8.42 Å². The van der Waals surface area contributed by atoms with E-state index in [0.29, 0.717) is 18.0 Å². The molecule has 5 heteroatoms. The summed E-state index contributed by atoms with van der Waals surface area (Å²) in [5.74, 6) is 0. The summed E-state index contributed by atoms with van der Waals surface area (Å²) < 4.78 is 27.0. The molecular formula is C15H26N2O2S. The Bertz CT molecular complexity index is 512. The number of benzene rings is 1. The lowest BCUT2D eigenvalue weighted by atomic mass is 10.2. The van der Waals surface area contributed by atoms with Crippen LogP contribution in [0.25, 0.3) is 0 Å². The van der Waals surface area contributed by atoms with Gasteiger partial charge in [-0.15, -0.1) is 0 Å². The molecule has 0 aliphatic heterocycles. The Morgan fingerprint density at radius 1 is 1.25 bits per heavy atom. The van der Waals surface area contributed by atoms with E-state index in [9.17, 15) is 8.42 Å². The van der Waals surface area contributed by atoms with Gasteiger partial charge in [-0.3, -0.25) is 0 Å². The molecule has 20 heavy (non-hydrogen) atoms. The summed E-state index contributed by atoms with van der Waals surface area (Å²) in [6, 6.07) is 6.86. The maximum Gasteiger partial charge on any atom is 0.243 e. The molecule has 0 bridgehead atoms. The Morgan fingerprint density at radius 3 is 2.50 bits per heavy atom. The maximum absolute atomic E-state index is 12.7. The average Bonchev–Trinajstić information content (AvgIpc) is 2.43. The SMILES string of the molecule is CCCCCN(C(C)C)S(=O)(=O)c1cccc(CN)c1. The highest BCUT2D eigenvalue weighted by Crippen LogP contribution is 2.20. The van der Waals surface area contributed by atoms with Gasteiger partial charge in [-0.05, 0) is 38.0 Å². The van der Waals surface area contributed by atoms with Crippen molar-refractivity contribution in [2.75, 3.05) is 6.54 Å². The highest BCUT2D eigenvalue weighted by atomic mass is 32.2. The van der Waals surface area contributed by atoms with E-state index in [1.807, 2.05) is 19.9 Å². The Balaban J connectivity index is 3.02. The Kier molecular flexibility index (Phi) is 6.65. The fraction of sp³-hybridized carbons (Fsp3) is 0.600. The van der Waals surface area contributed by atoms with Crippen LogP contribution in [-0.4, -0.2) is 25.3 Å². The molecule has 0 atom stereocenters. The highest BCUT2D eigenvalue weighted by molar-refractivity contribution is 7.89. The third kappa shape index (κ3) is 4.30. The van der Waals surface area contributed by atoms with Crippen molar-refractivity contribution >= 4 is 10.0 Å². The molecule has 2 N–H and O–H groups in total. The van der Waals surface area contributed by atoms with Crippen molar-refractivity contribution in [1.29, 1.82) is 0 Å². The van der Waals surface area contributed by atoms with Gasteiger partial charge in [-0.1, -0.05) is 31.9 Å². The second-order valence-corrected chi connectivity index (χ2v) is 7.16. The van der Waals surface area contributed by atoms with Gasteiger partial charge in [0.05, 0.1) is 4.90 Å². The van der Waals surface area contributed by atoms with Crippen LogP contribution in [-0.2, 0) is 16.6 Å². The molecule has 0 fully saturated rings. The van der Waals surface area contributed by atoms with Crippen LogP contribution in [0.15, 0.2) is 29.2 Å². The summed E-state index contributed by atoms with van der Waals surface area (Å²) in [5, 5.41) is 0. The lowest BCUT2D eigenvalue weighted by Gasteiger charge is -2.26. The molecule has 0 amide bonds. The number of rotatable bonds is 8. The predicted molar refractivity (Wildman–Crippen MR) is 82.9 cm³/mol. The topological polar surface area (TPSA) is 63.4 Å². The van der Waals surface area contributed by atoms with Crippen molar-refractivity contribution in [3.63, 3.8) is 0 Å². The van der Waals surface area contributed by atoms with Gasteiger partial charge in [0.2, 0.25) is 10.0 Å². The third-order valence-electron chi connectivity index (χ3n) is 3.30. The van der Waals surface area contributed by atoms with Gasteiger partial charge in [0.25, 0.3) is 0 Å². The summed E-state index contributed by atoms with van der Waals surface area (Å²) in [6.07, 6.45) is 3.01. The lowest BCUT2D eigenvalue weighted by molar-refractivity contribution is 0.345. The molecule has 0 unspecified atom stereocenters. The van der Waals surface area contributed by atoms with Crippen molar-refractivity contribution < 1.29 is 8.42 Å². The molecule has 0 radical (unpaired) electrons. The van der Waals surface area contributed by atoms with E-state index in [1.165, 1.54) is 0 Å². The number of unbranched alkanes of at least 4 members (excludes halogenated alkanes) is 2. The first kappa shape index (κ1) is 17.1. The third-order valence-corrected chi connectivity index (χ3v) is 5.37. The van der Waals surface area contributed by atoms with Crippen molar-refractivity contribution in [3.05, 3.63) is 29.8 Å². The van der Waals surface area contributed by atoms with E-state index in [1.54, 1.807) is 22.5 Å². The Morgan fingerprint density at radius 2 is 1.95 bits per heavy atom. The lowest BCUT2D eigenvalue weighted by Crippen LogP contribution is -2.37. The second kappa shape index (κ2) is 7.76. The molecule has 0 aliphatic carbocycles. The first-order chi connectivity index (χ1) is 9.43. The molecule has 0 aliphatic rings. The van der Waals surface area contributed by atoms with E-state index < -0.39 is 10.0 Å². The number of sulfonamides is 1. The van der Waals surface area contributed by atoms with Gasteiger partial charge in [0.15, 0.2) is 0 Å². The molecule has 114 valence electrons. The van der Waals surface area contributed by atoms with Crippen LogP contribution in [0.1, 0.15) is 45.6 Å². The monoisotopic (exact) mass is 298 g/mol. The van der Waals surface area contributed by atoms with Crippen molar-refractivity contribution in [1.82, 2.24) is 4.31 Å². The quantitative estimate of drug-likeness (QED) is 0.751. The Labute approximate surface area is 123 Å². The van der Waals surface area contributed by atoms with Crippen LogP contribution in [0.3, 0.4) is 0 Å². The average molecular weight is 298 g/mol. The Hall–Kier alpha value is -0.910.